The zero-order valence-electron chi connectivity index (χ0n) is 15.0. The number of piperidine rings is 1. The van der Waals surface area contributed by atoms with E-state index in [1.54, 1.807) is 11.3 Å². The summed E-state index contributed by atoms with van der Waals surface area (Å²) in [5.74, 6) is 1.15. The quantitative estimate of drug-likeness (QED) is 0.756. The Hall–Kier alpha value is -1.72. The van der Waals surface area contributed by atoms with E-state index in [4.69, 9.17) is 0 Å². The Morgan fingerprint density at radius 3 is 2.58 bits per heavy atom. The van der Waals surface area contributed by atoms with Gasteiger partial charge in [0.2, 0.25) is 5.91 Å². The van der Waals surface area contributed by atoms with Crippen LogP contribution in [0.25, 0.3) is 0 Å². The fraction of sp³-hybridized carbons (Fsp3) is 0.524. The van der Waals surface area contributed by atoms with Crippen molar-refractivity contribution in [3.8, 4) is 0 Å². The summed E-state index contributed by atoms with van der Waals surface area (Å²) in [7, 11) is 0. The third-order valence-corrected chi connectivity index (χ3v) is 7.14. The van der Waals surface area contributed by atoms with Crippen molar-refractivity contribution in [2.45, 2.75) is 38.3 Å². The molecule has 1 amide bonds. The molecular formula is C21H25N3OS. The maximum atomic E-state index is 13.2. The first-order valence-electron chi connectivity index (χ1n) is 9.73. The normalized spacial score (nSPS) is 25.5. The zero-order valence-corrected chi connectivity index (χ0v) is 15.8. The van der Waals surface area contributed by atoms with E-state index in [-0.39, 0.29) is 11.5 Å². The van der Waals surface area contributed by atoms with Gasteiger partial charge in [0.1, 0.15) is 5.01 Å². The number of rotatable bonds is 5. The van der Waals surface area contributed by atoms with Gasteiger partial charge in [-0.05, 0) is 50.3 Å². The van der Waals surface area contributed by atoms with Crippen molar-refractivity contribution in [3.05, 3.63) is 52.5 Å². The van der Waals surface area contributed by atoms with Gasteiger partial charge in [-0.3, -0.25) is 9.69 Å². The minimum absolute atomic E-state index is 0.171. The highest BCUT2D eigenvalue weighted by atomic mass is 32.1. The number of hydrogen-bond acceptors (Lipinski definition) is 4. The van der Waals surface area contributed by atoms with Gasteiger partial charge in [0.05, 0.1) is 18.0 Å². The van der Waals surface area contributed by atoms with E-state index in [2.05, 4.69) is 45.1 Å². The third-order valence-electron chi connectivity index (χ3n) is 6.38. The average Bonchev–Trinajstić information content (AvgIpc) is 3.36. The number of likely N-dealkylation sites (tertiary alicyclic amines) is 2. The Morgan fingerprint density at radius 2 is 1.92 bits per heavy atom. The van der Waals surface area contributed by atoms with E-state index in [0.717, 1.165) is 44.9 Å². The van der Waals surface area contributed by atoms with Crippen LogP contribution in [0.15, 0.2) is 41.9 Å². The smallest absolute Gasteiger partial charge is 0.231 e. The average molecular weight is 368 g/mol. The zero-order chi connectivity index (χ0) is 17.6. The molecule has 3 fully saturated rings. The molecule has 3 aliphatic rings. The molecule has 1 unspecified atom stereocenters. The van der Waals surface area contributed by atoms with E-state index in [0.29, 0.717) is 5.91 Å². The summed E-state index contributed by atoms with van der Waals surface area (Å²) in [6.45, 7) is 3.87. The molecule has 0 N–H and O–H groups in total. The van der Waals surface area contributed by atoms with Gasteiger partial charge < -0.3 is 4.90 Å². The summed E-state index contributed by atoms with van der Waals surface area (Å²) in [6, 6.07) is 11.0. The molecule has 2 aromatic rings. The van der Waals surface area contributed by atoms with Crippen molar-refractivity contribution in [2.24, 2.45) is 11.3 Å². The number of aromatic nitrogens is 1. The van der Waals surface area contributed by atoms with Crippen LogP contribution in [0.4, 0.5) is 0 Å². The summed E-state index contributed by atoms with van der Waals surface area (Å²) in [6.07, 6.45) is 6.40. The fourth-order valence-electron chi connectivity index (χ4n) is 4.77. The number of carbonyl (C=O) groups is 1. The molecule has 2 saturated heterocycles. The molecule has 1 atom stereocenters. The van der Waals surface area contributed by atoms with Crippen LogP contribution in [-0.2, 0) is 11.3 Å². The lowest BCUT2D eigenvalue weighted by Crippen LogP contribution is -2.66. The van der Waals surface area contributed by atoms with Crippen molar-refractivity contribution in [1.82, 2.24) is 14.8 Å². The van der Waals surface area contributed by atoms with Gasteiger partial charge >= 0.3 is 0 Å². The molecule has 1 aromatic carbocycles. The van der Waals surface area contributed by atoms with Crippen molar-refractivity contribution in [2.75, 3.05) is 19.6 Å². The number of nitrogens with zero attached hydrogens (tertiary/aromatic N) is 3. The lowest BCUT2D eigenvalue weighted by molar-refractivity contribution is -0.181. The first kappa shape index (κ1) is 16.5. The lowest BCUT2D eigenvalue weighted by Gasteiger charge is -2.59. The van der Waals surface area contributed by atoms with Crippen molar-refractivity contribution in [3.63, 3.8) is 0 Å². The van der Waals surface area contributed by atoms with E-state index >= 15 is 0 Å². The second-order valence-corrected chi connectivity index (χ2v) is 9.05. The van der Waals surface area contributed by atoms with E-state index < -0.39 is 0 Å². The summed E-state index contributed by atoms with van der Waals surface area (Å²) in [5.41, 5.74) is 1.15. The molecule has 136 valence electrons. The van der Waals surface area contributed by atoms with Crippen LogP contribution >= 0.6 is 11.3 Å². The van der Waals surface area contributed by atoms with Gasteiger partial charge in [-0.2, -0.15) is 0 Å². The fourth-order valence-corrected chi connectivity index (χ4v) is 5.43. The number of β-lactam (4-membered cyclic amide) rings is 1. The van der Waals surface area contributed by atoms with E-state index in [1.807, 2.05) is 11.6 Å². The van der Waals surface area contributed by atoms with Crippen molar-refractivity contribution >= 4 is 17.2 Å². The number of hydrogen-bond donors (Lipinski definition) is 0. The Balaban J connectivity index is 1.34. The number of benzene rings is 1. The highest BCUT2D eigenvalue weighted by Crippen LogP contribution is 2.57. The summed E-state index contributed by atoms with van der Waals surface area (Å²) in [5, 5.41) is 3.22. The van der Waals surface area contributed by atoms with Crippen molar-refractivity contribution < 1.29 is 4.79 Å². The number of amides is 1. The first-order valence-corrected chi connectivity index (χ1v) is 10.6. The van der Waals surface area contributed by atoms with Gasteiger partial charge in [-0.1, -0.05) is 30.3 Å². The van der Waals surface area contributed by atoms with Crippen LogP contribution in [0.1, 0.15) is 42.3 Å². The molecular weight excluding hydrogens is 342 g/mol. The molecule has 5 rings (SSSR count). The van der Waals surface area contributed by atoms with E-state index in [1.165, 1.54) is 23.4 Å². The minimum Gasteiger partial charge on any atom is -0.334 e. The molecule has 2 aliphatic heterocycles. The van der Waals surface area contributed by atoms with Crippen LogP contribution < -0.4 is 0 Å². The van der Waals surface area contributed by atoms with Gasteiger partial charge in [-0.15, -0.1) is 11.3 Å². The van der Waals surface area contributed by atoms with Crippen LogP contribution in [-0.4, -0.2) is 40.3 Å². The van der Waals surface area contributed by atoms with Crippen LogP contribution in [0.5, 0.6) is 0 Å². The van der Waals surface area contributed by atoms with Crippen LogP contribution in [0.3, 0.4) is 0 Å². The van der Waals surface area contributed by atoms with Gasteiger partial charge in [-0.25, -0.2) is 4.98 Å². The second kappa shape index (κ2) is 6.46. The monoisotopic (exact) mass is 367 g/mol. The molecule has 3 heterocycles. The molecule has 4 nitrogen and oxygen atoms in total. The first-order chi connectivity index (χ1) is 12.8. The van der Waals surface area contributed by atoms with Crippen LogP contribution in [0.2, 0.25) is 0 Å². The Labute approximate surface area is 158 Å². The molecule has 1 saturated carbocycles. The standard InChI is InChI=1S/C21H25N3OS/c25-20-21(8-11-23(12-9-21)15-18-22-10-13-26-18)19(17-4-2-1-3-5-17)24(20)14-16-6-7-16/h1-5,10,13,16,19H,6-9,11-12,14-15H2. The summed E-state index contributed by atoms with van der Waals surface area (Å²) < 4.78 is 0. The maximum Gasteiger partial charge on any atom is 0.231 e. The largest absolute Gasteiger partial charge is 0.334 e. The second-order valence-electron chi connectivity index (χ2n) is 8.07. The molecule has 0 radical (unpaired) electrons. The maximum absolute atomic E-state index is 13.2. The number of thiazole rings is 1. The predicted molar refractivity (Wildman–Crippen MR) is 103 cm³/mol. The molecule has 5 heteroatoms. The summed E-state index contributed by atoms with van der Waals surface area (Å²) >= 11 is 1.72. The molecule has 26 heavy (non-hydrogen) atoms. The third kappa shape index (κ3) is 2.78. The Kier molecular flexibility index (Phi) is 4.09. The highest BCUT2D eigenvalue weighted by molar-refractivity contribution is 7.09. The molecule has 1 aliphatic carbocycles. The van der Waals surface area contributed by atoms with E-state index in [9.17, 15) is 4.79 Å². The van der Waals surface area contributed by atoms with Crippen molar-refractivity contribution in [1.29, 1.82) is 0 Å². The molecule has 1 aromatic heterocycles. The van der Waals surface area contributed by atoms with Gasteiger partial charge in [0.25, 0.3) is 0 Å². The van der Waals surface area contributed by atoms with Gasteiger partial charge in [0.15, 0.2) is 0 Å². The SMILES string of the molecule is O=C1N(CC2CC2)C(c2ccccc2)C12CCN(Cc1nccs1)CC2. The number of carbonyl (C=O) groups excluding carboxylic acids is 1. The minimum atomic E-state index is -0.171. The molecule has 1 spiro atoms. The topological polar surface area (TPSA) is 36.4 Å². The Bertz CT molecular complexity index is 764. The molecule has 0 bridgehead atoms. The predicted octanol–water partition coefficient (Wildman–Crippen LogP) is 3.72. The van der Waals surface area contributed by atoms with Crippen LogP contribution in [0, 0.1) is 11.3 Å². The van der Waals surface area contributed by atoms with Gasteiger partial charge in [0, 0.05) is 18.1 Å². The Morgan fingerprint density at radius 1 is 1.15 bits per heavy atom. The highest BCUT2D eigenvalue weighted by Gasteiger charge is 2.61. The lowest BCUT2D eigenvalue weighted by atomic mass is 9.62. The summed E-state index contributed by atoms with van der Waals surface area (Å²) in [4.78, 5) is 22.3.